The molecule has 0 atom stereocenters. The van der Waals surface area contributed by atoms with E-state index in [9.17, 15) is 9.60 Å². The number of hydrogen-bond acceptors (Lipinski definition) is 5. The molecule has 0 spiro atoms. The van der Waals surface area contributed by atoms with Crippen LogP contribution in [0.3, 0.4) is 0 Å². The Labute approximate surface area is 199 Å². The lowest BCUT2D eigenvalue weighted by Crippen LogP contribution is -2.29. The van der Waals surface area contributed by atoms with Gasteiger partial charge in [-0.2, -0.15) is 4.98 Å². The fraction of sp³-hybridized carbons (Fsp3) is 0.0385. The minimum Gasteiger partial charge on any atom is -0.710 e. The number of thioether (sulfide) groups is 1. The molecule has 0 unspecified atom stereocenters. The van der Waals surface area contributed by atoms with Gasteiger partial charge in [0.2, 0.25) is 0 Å². The highest BCUT2D eigenvalue weighted by Gasteiger charge is 2.26. The Morgan fingerprint density at radius 2 is 1.62 bits per heavy atom. The number of para-hydroxylation sites is 1. The summed E-state index contributed by atoms with van der Waals surface area (Å²) >= 11 is 1.62. The van der Waals surface area contributed by atoms with E-state index in [0.717, 1.165) is 15.2 Å². The Kier molecular flexibility index (Phi) is 5.97. The van der Waals surface area contributed by atoms with Crippen molar-refractivity contribution in [1.29, 1.82) is 0 Å². The highest BCUT2D eigenvalue weighted by Crippen LogP contribution is 2.32. The average molecular weight is 471 g/mol. The SMILES string of the molecule is CSc1ccc(-c2[nH]c(-c3ccnc(Oc4ccccc4)n3)c(-c3ccc(F)cc3)[n+]2[O-])cc1. The smallest absolute Gasteiger partial charge is 0.322 e. The van der Waals surface area contributed by atoms with E-state index in [0.29, 0.717) is 34.2 Å². The molecule has 5 aromatic rings. The van der Waals surface area contributed by atoms with Crippen LogP contribution in [-0.2, 0) is 0 Å². The molecule has 0 saturated carbocycles. The van der Waals surface area contributed by atoms with Gasteiger partial charge in [0.05, 0.1) is 5.56 Å². The molecule has 34 heavy (non-hydrogen) atoms. The molecule has 168 valence electrons. The lowest BCUT2D eigenvalue weighted by Gasteiger charge is -2.08. The van der Waals surface area contributed by atoms with Gasteiger partial charge in [0, 0.05) is 16.7 Å². The van der Waals surface area contributed by atoms with E-state index in [1.807, 2.05) is 48.7 Å². The number of H-pyrrole nitrogens is 1. The van der Waals surface area contributed by atoms with Gasteiger partial charge in [0.25, 0.3) is 5.82 Å². The summed E-state index contributed by atoms with van der Waals surface area (Å²) in [4.78, 5) is 13.0. The molecule has 3 aromatic carbocycles. The largest absolute Gasteiger partial charge is 0.710 e. The molecule has 0 aliphatic heterocycles. The van der Waals surface area contributed by atoms with Gasteiger partial charge in [-0.05, 0) is 73.0 Å². The van der Waals surface area contributed by atoms with Crippen molar-refractivity contribution in [1.82, 2.24) is 15.0 Å². The van der Waals surface area contributed by atoms with Crippen LogP contribution in [0.1, 0.15) is 0 Å². The third-order valence-corrected chi connectivity index (χ3v) is 5.95. The zero-order chi connectivity index (χ0) is 23.5. The summed E-state index contributed by atoms with van der Waals surface area (Å²) in [6.07, 6.45) is 3.56. The fourth-order valence-corrected chi connectivity index (χ4v) is 3.97. The highest BCUT2D eigenvalue weighted by atomic mass is 32.2. The number of imidazole rings is 1. The molecule has 0 aliphatic rings. The van der Waals surface area contributed by atoms with Crippen LogP contribution in [-0.4, -0.2) is 21.2 Å². The third-order valence-electron chi connectivity index (χ3n) is 5.21. The number of rotatable bonds is 6. The number of aromatic amines is 1. The summed E-state index contributed by atoms with van der Waals surface area (Å²) in [7, 11) is 0. The van der Waals surface area contributed by atoms with Crippen molar-refractivity contribution >= 4 is 11.8 Å². The topological polar surface area (TPSA) is 77.7 Å². The molecular formula is C26H19FN4O2S. The standard InChI is InChI=1S/C26H19FN4O2S/c1-34-21-13-9-18(10-14-21)25-30-23(24(31(25)32)17-7-11-19(27)12-8-17)22-15-16-28-26(29-22)33-20-5-3-2-4-6-20/h2-16,30H,1H3. The van der Waals surface area contributed by atoms with Crippen LogP contribution >= 0.6 is 11.8 Å². The van der Waals surface area contributed by atoms with Crippen LogP contribution < -0.4 is 9.47 Å². The van der Waals surface area contributed by atoms with E-state index in [2.05, 4.69) is 15.0 Å². The number of nitrogens with one attached hydrogen (secondary N) is 1. The Bertz CT molecular complexity index is 1420. The van der Waals surface area contributed by atoms with Gasteiger partial charge in [-0.1, -0.05) is 18.2 Å². The normalized spacial score (nSPS) is 10.9. The Balaban J connectivity index is 1.63. The van der Waals surface area contributed by atoms with Crippen LogP contribution in [0.4, 0.5) is 4.39 Å². The molecule has 0 aliphatic carbocycles. The maximum atomic E-state index is 13.6. The molecular weight excluding hydrogens is 451 g/mol. The third kappa shape index (κ3) is 4.35. The summed E-state index contributed by atoms with van der Waals surface area (Å²) < 4.78 is 20.2. The van der Waals surface area contributed by atoms with Gasteiger partial charge < -0.3 is 9.94 Å². The first-order chi connectivity index (χ1) is 16.6. The molecule has 8 heteroatoms. The van der Waals surface area contributed by atoms with E-state index in [4.69, 9.17) is 4.74 Å². The molecule has 0 bridgehead atoms. The second-order valence-corrected chi connectivity index (χ2v) is 8.25. The molecule has 0 fully saturated rings. The van der Waals surface area contributed by atoms with Gasteiger partial charge in [-0.25, -0.2) is 19.1 Å². The first kappa shape index (κ1) is 21.7. The Morgan fingerprint density at radius 3 is 2.32 bits per heavy atom. The van der Waals surface area contributed by atoms with Crippen molar-refractivity contribution in [2.75, 3.05) is 6.26 Å². The van der Waals surface area contributed by atoms with Crippen molar-refractivity contribution < 1.29 is 13.9 Å². The van der Waals surface area contributed by atoms with Gasteiger partial charge >= 0.3 is 6.01 Å². The molecule has 6 nitrogen and oxygen atoms in total. The zero-order valence-corrected chi connectivity index (χ0v) is 18.9. The first-order valence-corrected chi connectivity index (χ1v) is 11.7. The molecule has 0 radical (unpaired) electrons. The predicted octanol–water partition coefficient (Wildman–Crippen LogP) is 6.09. The number of nitrogens with zero attached hydrogens (tertiary/aromatic N) is 3. The molecule has 2 heterocycles. The Hall–Kier alpha value is -4.17. The molecule has 0 amide bonds. The summed E-state index contributed by atoms with van der Waals surface area (Å²) in [6.45, 7) is 0. The molecule has 0 saturated heterocycles. The summed E-state index contributed by atoms with van der Waals surface area (Å²) in [6, 6.07) is 24.5. The van der Waals surface area contributed by atoms with Crippen LogP contribution in [0.15, 0.2) is 96.0 Å². The maximum absolute atomic E-state index is 13.6. The van der Waals surface area contributed by atoms with Crippen molar-refractivity contribution in [3.8, 4) is 45.8 Å². The fourth-order valence-electron chi connectivity index (χ4n) is 3.56. The second kappa shape index (κ2) is 9.36. The lowest BCUT2D eigenvalue weighted by molar-refractivity contribution is -0.580. The van der Waals surface area contributed by atoms with Crippen LogP contribution in [0.5, 0.6) is 11.8 Å². The first-order valence-electron chi connectivity index (χ1n) is 10.4. The lowest BCUT2D eigenvalue weighted by atomic mass is 10.1. The van der Waals surface area contributed by atoms with Crippen LogP contribution in [0, 0.1) is 11.0 Å². The van der Waals surface area contributed by atoms with E-state index >= 15 is 0 Å². The van der Waals surface area contributed by atoms with Crippen molar-refractivity contribution in [2.45, 2.75) is 4.90 Å². The number of ether oxygens (including phenoxy) is 1. The maximum Gasteiger partial charge on any atom is 0.322 e. The second-order valence-electron chi connectivity index (χ2n) is 7.37. The van der Waals surface area contributed by atoms with E-state index in [1.165, 1.54) is 12.1 Å². The summed E-state index contributed by atoms with van der Waals surface area (Å²) in [5.74, 6) is 0.566. The molecule has 5 rings (SSSR count). The van der Waals surface area contributed by atoms with Gasteiger partial charge in [-0.3, -0.25) is 0 Å². The summed E-state index contributed by atoms with van der Waals surface area (Å²) in [5, 5.41) is 13.5. The number of benzene rings is 3. The number of halogens is 1. The molecule has 2 aromatic heterocycles. The minimum atomic E-state index is -0.383. The van der Waals surface area contributed by atoms with Gasteiger partial charge in [0.1, 0.15) is 17.3 Å². The summed E-state index contributed by atoms with van der Waals surface area (Å²) in [5.41, 5.74) is 2.55. The van der Waals surface area contributed by atoms with Crippen molar-refractivity contribution in [3.63, 3.8) is 0 Å². The quantitative estimate of drug-likeness (QED) is 0.185. The average Bonchev–Trinajstić information content (AvgIpc) is 3.22. The van der Waals surface area contributed by atoms with Crippen molar-refractivity contribution in [3.05, 3.63) is 102 Å². The number of hydrogen-bond donors (Lipinski definition) is 1. The van der Waals surface area contributed by atoms with E-state index in [1.54, 1.807) is 48.3 Å². The van der Waals surface area contributed by atoms with Crippen molar-refractivity contribution in [2.24, 2.45) is 0 Å². The predicted molar refractivity (Wildman–Crippen MR) is 130 cm³/mol. The monoisotopic (exact) mass is 470 g/mol. The van der Waals surface area contributed by atoms with E-state index in [-0.39, 0.29) is 11.8 Å². The molecule has 1 N–H and O–H groups in total. The van der Waals surface area contributed by atoms with Crippen LogP contribution in [0.2, 0.25) is 0 Å². The highest BCUT2D eigenvalue weighted by molar-refractivity contribution is 7.98. The van der Waals surface area contributed by atoms with E-state index < -0.39 is 0 Å². The van der Waals surface area contributed by atoms with Gasteiger partial charge in [0.15, 0.2) is 11.4 Å². The van der Waals surface area contributed by atoms with Gasteiger partial charge in [-0.15, -0.1) is 11.8 Å². The number of aromatic nitrogens is 4. The Morgan fingerprint density at radius 1 is 0.912 bits per heavy atom. The van der Waals surface area contributed by atoms with Crippen LogP contribution in [0.25, 0.3) is 34.0 Å². The minimum absolute atomic E-state index is 0.145. The zero-order valence-electron chi connectivity index (χ0n) is 18.1.